The second kappa shape index (κ2) is 6.13. The predicted octanol–water partition coefficient (Wildman–Crippen LogP) is 1.43. The van der Waals surface area contributed by atoms with Crippen LogP contribution in [-0.2, 0) is 16.0 Å². The number of carbonyl (C=O) groups excluding carboxylic acids is 1. The standard InChI is InChI=1S/C11H13F2NO4/c1-3-18-8(15)4-6-7(17-2)5-14-11(16)9(6)10(12)13/h5,10H,3-4H2,1-2H3,(H,14,16). The van der Waals surface area contributed by atoms with Gasteiger partial charge in [0.25, 0.3) is 12.0 Å². The summed E-state index contributed by atoms with van der Waals surface area (Å²) in [6.07, 6.45) is -2.28. The van der Waals surface area contributed by atoms with Crippen molar-refractivity contribution in [3.8, 4) is 5.75 Å². The maximum atomic E-state index is 12.8. The first-order chi connectivity index (χ1) is 8.51. The van der Waals surface area contributed by atoms with E-state index in [2.05, 4.69) is 9.72 Å². The number of carbonyl (C=O) groups is 1. The molecule has 0 atom stereocenters. The molecular weight excluding hydrogens is 248 g/mol. The topological polar surface area (TPSA) is 68.4 Å². The first kappa shape index (κ1) is 14.1. The summed E-state index contributed by atoms with van der Waals surface area (Å²) < 4.78 is 35.2. The number of H-pyrrole nitrogens is 1. The van der Waals surface area contributed by atoms with Crippen LogP contribution in [-0.4, -0.2) is 24.7 Å². The van der Waals surface area contributed by atoms with E-state index in [1.54, 1.807) is 6.92 Å². The summed E-state index contributed by atoms with van der Waals surface area (Å²) in [7, 11) is 1.26. The number of methoxy groups -OCH3 is 1. The highest BCUT2D eigenvalue weighted by molar-refractivity contribution is 5.74. The molecular formula is C11H13F2NO4. The Morgan fingerprint density at radius 3 is 2.67 bits per heavy atom. The van der Waals surface area contributed by atoms with Gasteiger partial charge < -0.3 is 14.5 Å². The number of aromatic amines is 1. The minimum absolute atomic E-state index is 0.0259. The number of rotatable bonds is 5. The summed E-state index contributed by atoms with van der Waals surface area (Å²) in [6.45, 7) is 1.73. The molecule has 0 aromatic carbocycles. The molecule has 100 valence electrons. The Hall–Kier alpha value is -1.92. The fourth-order valence-electron chi connectivity index (χ4n) is 1.52. The van der Waals surface area contributed by atoms with Crippen molar-refractivity contribution in [3.63, 3.8) is 0 Å². The average molecular weight is 261 g/mol. The number of hydrogen-bond acceptors (Lipinski definition) is 4. The lowest BCUT2D eigenvalue weighted by Gasteiger charge is -2.11. The molecule has 1 aromatic heterocycles. The molecule has 0 aliphatic heterocycles. The van der Waals surface area contributed by atoms with Gasteiger partial charge in [-0.25, -0.2) is 8.78 Å². The zero-order valence-corrected chi connectivity index (χ0v) is 9.96. The van der Waals surface area contributed by atoms with Crippen LogP contribution < -0.4 is 10.3 Å². The fraction of sp³-hybridized carbons (Fsp3) is 0.455. The second-order valence-electron chi connectivity index (χ2n) is 3.36. The third kappa shape index (κ3) is 3.06. The Morgan fingerprint density at radius 2 is 2.17 bits per heavy atom. The number of alkyl halides is 2. The fourth-order valence-corrected chi connectivity index (χ4v) is 1.52. The predicted molar refractivity (Wildman–Crippen MR) is 58.9 cm³/mol. The summed E-state index contributed by atoms with van der Waals surface area (Å²) >= 11 is 0. The Bertz CT molecular complexity index is 484. The number of ether oxygens (including phenoxy) is 2. The number of pyridine rings is 1. The summed E-state index contributed by atoms with van der Waals surface area (Å²) in [5.74, 6) is -0.666. The van der Waals surface area contributed by atoms with E-state index >= 15 is 0 Å². The van der Waals surface area contributed by atoms with Gasteiger partial charge in [0, 0.05) is 11.8 Å². The normalized spacial score (nSPS) is 10.5. The van der Waals surface area contributed by atoms with Gasteiger partial charge in [0.1, 0.15) is 5.75 Å². The van der Waals surface area contributed by atoms with Crippen LogP contribution in [0, 0.1) is 0 Å². The second-order valence-corrected chi connectivity index (χ2v) is 3.36. The summed E-state index contributed by atoms with van der Waals surface area (Å²) in [5, 5.41) is 0. The summed E-state index contributed by atoms with van der Waals surface area (Å²) in [4.78, 5) is 24.8. The van der Waals surface area contributed by atoms with Crippen molar-refractivity contribution in [1.29, 1.82) is 0 Å². The third-order valence-electron chi connectivity index (χ3n) is 2.27. The Labute approximate surface area is 102 Å². The minimum Gasteiger partial charge on any atom is -0.495 e. The van der Waals surface area contributed by atoms with Gasteiger partial charge in [0.15, 0.2) is 0 Å². The molecule has 0 bridgehead atoms. The molecule has 0 spiro atoms. The Kier molecular flexibility index (Phi) is 4.82. The lowest BCUT2D eigenvalue weighted by Crippen LogP contribution is -2.19. The van der Waals surface area contributed by atoms with Gasteiger partial charge in [-0.15, -0.1) is 0 Å². The van der Waals surface area contributed by atoms with Crippen molar-refractivity contribution in [2.24, 2.45) is 0 Å². The molecule has 0 amide bonds. The van der Waals surface area contributed by atoms with E-state index in [1.807, 2.05) is 0 Å². The molecule has 0 radical (unpaired) electrons. The SMILES string of the molecule is CCOC(=O)Cc1c(OC)c[nH]c(=O)c1C(F)F. The largest absolute Gasteiger partial charge is 0.495 e. The van der Waals surface area contributed by atoms with E-state index < -0.39 is 29.9 Å². The highest BCUT2D eigenvalue weighted by Gasteiger charge is 2.23. The van der Waals surface area contributed by atoms with Gasteiger partial charge in [-0.2, -0.15) is 0 Å². The van der Waals surface area contributed by atoms with Crippen LogP contribution in [0.1, 0.15) is 24.5 Å². The van der Waals surface area contributed by atoms with Crippen molar-refractivity contribution in [1.82, 2.24) is 4.98 Å². The van der Waals surface area contributed by atoms with Crippen molar-refractivity contribution in [2.45, 2.75) is 19.8 Å². The van der Waals surface area contributed by atoms with Crippen molar-refractivity contribution in [2.75, 3.05) is 13.7 Å². The van der Waals surface area contributed by atoms with Crippen LogP contribution >= 0.6 is 0 Å². The molecule has 0 fully saturated rings. The molecule has 1 N–H and O–H groups in total. The van der Waals surface area contributed by atoms with Gasteiger partial charge in [-0.3, -0.25) is 9.59 Å². The lowest BCUT2D eigenvalue weighted by atomic mass is 10.1. The van der Waals surface area contributed by atoms with E-state index in [0.717, 1.165) is 6.20 Å². The van der Waals surface area contributed by atoms with Gasteiger partial charge in [0.2, 0.25) is 0 Å². The number of halogens is 2. The van der Waals surface area contributed by atoms with Gasteiger partial charge >= 0.3 is 5.97 Å². The van der Waals surface area contributed by atoms with E-state index in [0.29, 0.717) is 0 Å². The Balaban J connectivity index is 3.24. The molecule has 0 unspecified atom stereocenters. The van der Waals surface area contributed by atoms with E-state index in [4.69, 9.17) is 4.74 Å². The highest BCUT2D eigenvalue weighted by atomic mass is 19.3. The molecule has 18 heavy (non-hydrogen) atoms. The van der Waals surface area contributed by atoms with Crippen LogP contribution in [0.2, 0.25) is 0 Å². The molecule has 0 aliphatic carbocycles. The van der Waals surface area contributed by atoms with Crippen LogP contribution in [0.25, 0.3) is 0 Å². The zero-order valence-electron chi connectivity index (χ0n) is 9.96. The number of esters is 1. The molecule has 1 heterocycles. The zero-order chi connectivity index (χ0) is 13.7. The van der Waals surface area contributed by atoms with Crippen LogP contribution in [0.4, 0.5) is 8.78 Å². The van der Waals surface area contributed by atoms with Crippen LogP contribution in [0.15, 0.2) is 11.0 Å². The smallest absolute Gasteiger partial charge is 0.310 e. The van der Waals surface area contributed by atoms with Crippen LogP contribution in [0.5, 0.6) is 5.75 Å². The molecule has 0 aliphatic rings. The summed E-state index contributed by atoms with van der Waals surface area (Å²) in [5.41, 5.74) is -1.85. The van der Waals surface area contributed by atoms with Gasteiger partial charge in [-0.05, 0) is 6.92 Å². The highest BCUT2D eigenvalue weighted by Crippen LogP contribution is 2.26. The maximum absolute atomic E-state index is 12.8. The van der Waals surface area contributed by atoms with Crippen molar-refractivity contribution in [3.05, 3.63) is 27.7 Å². The maximum Gasteiger partial charge on any atom is 0.310 e. The minimum atomic E-state index is -2.99. The van der Waals surface area contributed by atoms with Crippen molar-refractivity contribution >= 4 is 5.97 Å². The van der Waals surface area contributed by atoms with E-state index in [-0.39, 0.29) is 17.9 Å². The number of hydrogen-bond donors (Lipinski definition) is 1. The van der Waals surface area contributed by atoms with E-state index in [1.165, 1.54) is 7.11 Å². The molecule has 1 aromatic rings. The monoisotopic (exact) mass is 261 g/mol. The van der Waals surface area contributed by atoms with Gasteiger partial charge in [0.05, 0.1) is 25.7 Å². The van der Waals surface area contributed by atoms with E-state index in [9.17, 15) is 18.4 Å². The number of nitrogens with one attached hydrogen (secondary N) is 1. The average Bonchev–Trinajstić information content (AvgIpc) is 2.29. The van der Waals surface area contributed by atoms with Gasteiger partial charge in [-0.1, -0.05) is 0 Å². The van der Waals surface area contributed by atoms with Crippen molar-refractivity contribution < 1.29 is 23.0 Å². The van der Waals surface area contributed by atoms with Crippen LogP contribution in [0.3, 0.4) is 0 Å². The molecule has 0 saturated carbocycles. The quantitative estimate of drug-likeness (QED) is 0.814. The number of aromatic nitrogens is 1. The molecule has 1 rings (SSSR count). The molecule has 5 nitrogen and oxygen atoms in total. The third-order valence-corrected chi connectivity index (χ3v) is 2.27. The first-order valence-electron chi connectivity index (χ1n) is 5.23. The lowest BCUT2D eigenvalue weighted by molar-refractivity contribution is -0.142. The molecule has 0 saturated heterocycles. The molecule has 7 heteroatoms. The Morgan fingerprint density at radius 1 is 1.50 bits per heavy atom. The summed E-state index contributed by atoms with van der Waals surface area (Å²) in [6, 6.07) is 0. The first-order valence-corrected chi connectivity index (χ1v) is 5.23.